The second-order valence-corrected chi connectivity index (χ2v) is 4.32. The lowest BCUT2D eigenvalue weighted by molar-refractivity contribution is 0.101. The van der Waals surface area contributed by atoms with Crippen molar-refractivity contribution in [2.24, 2.45) is 5.16 Å². The summed E-state index contributed by atoms with van der Waals surface area (Å²) in [6, 6.07) is 9.60. The van der Waals surface area contributed by atoms with Crippen LogP contribution in [0.2, 0.25) is 0 Å². The van der Waals surface area contributed by atoms with E-state index >= 15 is 0 Å². The van der Waals surface area contributed by atoms with Gasteiger partial charge in [-0.15, -0.1) is 0 Å². The van der Waals surface area contributed by atoms with Crippen LogP contribution in [-0.2, 0) is 0 Å². The maximum Gasteiger partial charge on any atom is 0.261 e. The van der Waals surface area contributed by atoms with Gasteiger partial charge in [-0.05, 0) is 31.2 Å². The number of hydrogen-bond donors (Lipinski definition) is 2. The van der Waals surface area contributed by atoms with Gasteiger partial charge in [-0.1, -0.05) is 23.4 Å². The Balaban J connectivity index is 2.28. The molecule has 0 bridgehead atoms. The Bertz CT molecular complexity index is 694. The summed E-state index contributed by atoms with van der Waals surface area (Å²) >= 11 is 0. The minimum absolute atomic E-state index is 0.336. The smallest absolute Gasteiger partial charge is 0.261 e. The van der Waals surface area contributed by atoms with Gasteiger partial charge in [0.15, 0.2) is 0 Å². The molecule has 0 unspecified atom stereocenters. The van der Waals surface area contributed by atoms with Crippen molar-refractivity contribution < 1.29 is 18.8 Å². The zero-order valence-corrected chi connectivity index (χ0v) is 11.1. The van der Waals surface area contributed by atoms with Gasteiger partial charge in [-0.25, -0.2) is 8.78 Å². The molecule has 0 aromatic heterocycles. The average Bonchev–Trinajstić information content (AvgIpc) is 2.46. The topological polar surface area (TPSA) is 61.7 Å². The van der Waals surface area contributed by atoms with E-state index in [2.05, 4.69) is 10.5 Å². The van der Waals surface area contributed by atoms with Gasteiger partial charge < -0.3 is 10.5 Å². The van der Waals surface area contributed by atoms with Crippen LogP contribution in [0.25, 0.3) is 0 Å². The van der Waals surface area contributed by atoms with Crippen molar-refractivity contribution in [3.05, 3.63) is 65.2 Å². The zero-order valence-electron chi connectivity index (χ0n) is 11.1. The van der Waals surface area contributed by atoms with Crippen LogP contribution in [0.15, 0.2) is 47.6 Å². The SMILES string of the molecule is C/C(=N\O)c1cccc(NC(=O)c2c(F)cccc2F)c1. The Labute approximate surface area is 119 Å². The lowest BCUT2D eigenvalue weighted by Crippen LogP contribution is -2.16. The molecule has 0 aliphatic carbocycles. The number of hydrogen-bond acceptors (Lipinski definition) is 3. The maximum atomic E-state index is 13.5. The number of oxime groups is 1. The molecule has 1 amide bonds. The number of benzene rings is 2. The molecule has 2 aromatic rings. The highest BCUT2D eigenvalue weighted by molar-refractivity contribution is 6.05. The molecule has 6 heteroatoms. The first-order valence-corrected chi connectivity index (χ1v) is 6.07. The molecular formula is C15H12F2N2O2. The Morgan fingerprint density at radius 3 is 2.38 bits per heavy atom. The van der Waals surface area contributed by atoms with E-state index < -0.39 is 23.1 Å². The highest BCUT2D eigenvalue weighted by Gasteiger charge is 2.17. The predicted molar refractivity (Wildman–Crippen MR) is 74.8 cm³/mol. The maximum absolute atomic E-state index is 13.5. The fourth-order valence-corrected chi connectivity index (χ4v) is 1.79. The van der Waals surface area contributed by atoms with Gasteiger partial charge in [0, 0.05) is 11.3 Å². The lowest BCUT2D eigenvalue weighted by atomic mass is 10.1. The molecule has 0 aliphatic heterocycles. The van der Waals surface area contributed by atoms with Crippen LogP contribution in [0.4, 0.5) is 14.5 Å². The molecule has 0 spiro atoms. The Kier molecular flexibility index (Phi) is 4.27. The Morgan fingerprint density at radius 1 is 1.14 bits per heavy atom. The van der Waals surface area contributed by atoms with E-state index in [4.69, 9.17) is 5.21 Å². The van der Waals surface area contributed by atoms with Crippen LogP contribution in [0, 0.1) is 11.6 Å². The average molecular weight is 290 g/mol. The fraction of sp³-hybridized carbons (Fsp3) is 0.0667. The molecule has 2 rings (SSSR count). The summed E-state index contributed by atoms with van der Waals surface area (Å²) in [5, 5.41) is 14.2. The quantitative estimate of drug-likeness (QED) is 0.517. The Morgan fingerprint density at radius 2 is 1.76 bits per heavy atom. The molecule has 0 heterocycles. The van der Waals surface area contributed by atoms with E-state index in [-0.39, 0.29) is 0 Å². The summed E-state index contributed by atoms with van der Waals surface area (Å²) in [7, 11) is 0. The van der Waals surface area contributed by atoms with Crippen molar-refractivity contribution in [2.45, 2.75) is 6.92 Å². The third kappa shape index (κ3) is 3.22. The molecule has 0 radical (unpaired) electrons. The number of amides is 1. The number of nitrogens with one attached hydrogen (secondary N) is 1. The summed E-state index contributed by atoms with van der Waals surface area (Å²) in [5.74, 6) is -2.75. The number of anilines is 1. The summed E-state index contributed by atoms with van der Waals surface area (Å²) in [5.41, 5.74) is 0.617. The van der Waals surface area contributed by atoms with Crippen molar-refractivity contribution in [3.8, 4) is 0 Å². The highest BCUT2D eigenvalue weighted by Crippen LogP contribution is 2.16. The molecule has 0 fully saturated rings. The minimum atomic E-state index is -0.934. The first kappa shape index (κ1) is 14.6. The van der Waals surface area contributed by atoms with E-state index in [1.165, 1.54) is 12.1 Å². The summed E-state index contributed by atoms with van der Waals surface area (Å²) in [4.78, 5) is 11.9. The molecular weight excluding hydrogens is 278 g/mol. The molecule has 0 saturated heterocycles. The summed E-state index contributed by atoms with van der Waals surface area (Å²) in [6.07, 6.45) is 0. The third-order valence-electron chi connectivity index (χ3n) is 2.88. The fourth-order valence-electron chi connectivity index (χ4n) is 1.79. The van der Waals surface area contributed by atoms with Gasteiger partial charge >= 0.3 is 0 Å². The van der Waals surface area contributed by atoms with E-state index in [0.29, 0.717) is 17.0 Å². The van der Waals surface area contributed by atoms with Gasteiger partial charge in [0.1, 0.15) is 17.2 Å². The first-order chi connectivity index (χ1) is 10.0. The van der Waals surface area contributed by atoms with Crippen molar-refractivity contribution in [3.63, 3.8) is 0 Å². The van der Waals surface area contributed by atoms with Crippen molar-refractivity contribution in [1.82, 2.24) is 0 Å². The number of rotatable bonds is 3. The van der Waals surface area contributed by atoms with Crippen LogP contribution in [0.1, 0.15) is 22.8 Å². The van der Waals surface area contributed by atoms with E-state index in [0.717, 1.165) is 12.1 Å². The van der Waals surface area contributed by atoms with Gasteiger partial charge in [-0.2, -0.15) is 0 Å². The lowest BCUT2D eigenvalue weighted by Gasteiger charge is -2.08. The number of carbonyl (C=O) groups is 1. The molecule has 21 heavy (non-hydrogen) atoms. The zero-order chi connectivity index (χ0) is 15.4. The first-order valence-electron chi connectivity index (χ1n) is 6.07. The molecule has 0 aliphatic rings. The molecule has 2 N–H and O–H groups in total. The van der Waals surface area contributed by atoms with Gasteiger partial charge in [0.2, 0.25) is 0 Å². The van der Waals surface area contributed by atoms with E-state index in [9.17, 15) is 13.6 Å². The van der Waals surface area contributed by atoms with Crippen LogP contribution in [0.3, 0.4) is 0 Å². The normalized spacial score (nSPS) is 11.3. The molecule has 2 aromatic carbocycles. The molecule has 108 valence electrons. The van der Waals surface area contributed by atoms with E-state index in [1.807, 2.05) is 0 Å². The number of carbonyl (C=O) groups excluding carboxylic acids is 1. The van der Waals surface area contributed by atoms with Crippen molar-refractivity contribution >= 4 is 17.3 Å². The van der Waals surface area contributed by atoms with Gasteiger partial charge in [0.25, 0.3) is 5.91 Å². The molecule has 0 atom stereocenters. The molecule has 0 saturated carbocycles. The van der Waals surface area contributed by atoms with Gasteiger partial charge in [0.05, 0.1) is 5.71 Å². The molecule has 4 nitrogen and oxygen atoms in total. The van der Waals surface area contributed by atoms with Crippen LogP contribution in [-0.4, -0.2) is 16.8 Å². The number of nitrogens with zero attached hydrogens (tertiary/aromatic N) is 1. The largest absolute Gasteiger partial charge is 0.411 e. The van der Waals surface area contributed by atoms with Crippen molar-refractivity contribution in [2.75, 3.05) is 5.32 Å². The second kappa shape index (κ2) is 6.13. The number of halogens is 2. The third-order valence-corrected chi connectivity index (χ3v) is 2.88. The van der Waals surface area contributed by atoms with Crippen molar-refractivity contribution in [1.29, 1.82) is 0 Å². The standard InChI is InChI=1S/C15H12F2N2O2/c1-9(19-21)10-4-2-5-11(8-10)18-15(20)14-12(16)6-3-7-13(14)17/h2-8,21H,1H3,(H,18,20)/b19-9+. The second-order valence-electron chi connectivity index (χ2n) is 4.32. The Hall–Kier alpha value is -2.76. The van der Waals surface area contributed by atoms with Crippen LogP contribution < -0.4 is 5.32 Å². The minimum Gasteiger partial charge on any atom is -0.411 e. The highest BCUT2D eigenvalue weighted by atomic mass is 19.1. The van der Waals surface area contributed by atoms with E-state index in [1.54, 1.807) is 25.1 Å². The van der Waals surface area contributed by atoms with Crippen LogP contribution in [0.5, 0.6) is 0 Å². The summed E-state index contributed by atoms with van der Waals surface area (Å²) < 4.78 is 27.0. The summed E-state index contributed by atoms with van der Waals surface area (Å²) in [6.45, 7) is 1.58. The van der Waals surface area contributed by atoms with Crippen LogP contribution >= 0.6 is 0 Å². The predicted octanol–water partition coefficient (Wildman–Crippen LogP) is 3.42. The monoisotopic (exact) mass is 290 g/mol. The van der Waals surface area contributed by atoms with Gasteiger partial charge in [-0.3, -0.25) is 4.79 Å².